The van der Waals surface area contributed by atoms with Crippen LogP contribution in [0.3, 0.4) is 0 Å². The predicted octanol–water partition coefficient (Wildman–Crippen LogP) is 10.3. The van der Waals surface area contributed by atoms with Crippen molar-refractivity contribution in [1.29, 1.82) is 0 Å². The fraction of sp³-hybridized carbons (Fsp3) is 0.373. The lowest BCUT2D eigenvalue weighted by molar-refractivity contribution is 0.0782. The van der Waals surface area contributed by atoms with Gasteiger partial charge in [0.15, 0.2) is 26.8 Å². The summed E-state index contributed by atoms with van der Waals surface area (Å²) >= 11 is 3.47. The molecule has 1 unspecified atom stereocenters. The summed E-state index contributed by atoms with van der Waals surface area (Å²) in [5.41, 5.74) is 6.50. The SMILES string of the molecule is C[Si](C)(C)CCOCn1ccc(CS(=O)(=O)c2ccccc2)n1.Cn1c2nc(C(c3ccccc3)c3ccn(COCC[Si](C)(C)C)n3)sc2c2cn[nH]c(=O)c21.Cn1c2nc(Cc3ccn(COCC[Si](C)(C)C)n3)sc2c2cn[nH]c(=O)c21.Cn1c2nc(S(C)(=O)=O)sc2c2cn[nH]c(=O)c21.O=S=O. The van der Waals surface area contributed by atoms with Crippen LogP contribution >= 0.6 is 34.0 Å². The Labute approximate surface area is 628 Å². The Morgan fingerprint density at radius 3 is 1.39 bits per heavy atom. The lowest BCUT2D eigenvalue weighted by Gasteiger charge is -2.15. The fourth-order valence-corrected chi connectivity index (χ4v) is 18.9. The number of hydrogen-bond acceptors (Lipinski definition) is 24. The largest absolute Gasteiger partial charge is 0.360 e. The Morgan fingerprint density at radius 2 is 0.915 bits per heavy atom. The summed E-state index contributed by atoms with van der Waals surface area (Å²) in [7, 11) is -4.59. The van der Waals surface area contributed by atoms with Gasteiger partial charge in [-0.15, -0.1) is 34.0 Å². The molecule has 0 saturated carbocycles. The summed E-state index contributed by atoms with van der Waals surface area (Å²) in [5.74, 6) is -0.217. The Bertz CT molecular complexity index is 5830. The maximum Gasteiger partial charge on any atom is 0.335 e. The van der Waals surface area contributed by atoms with Gasteiger partial charge in [0.25, 0.3) is 16.7 Å². The van der Waals surface area contributed by atoms with Gasteiger partial charge in [-0.05, 0) is 54.0 Å². The monoisotopic (exact) mass is 1610 g/mol. The molecule has 1 atom stereocenters. The minimum absolute atomic E-state index is 0.0466. The number of fused-ring (bicyclic) bond motifs is 9. The van der Waals surface area contributed by atoms with Gasteiger partial charge < -0.3 is 27.9 Å². The van der Waals surface area contributed by atoms with E-state index in [4.69, 9.17) is 37.7 Å². The third kappa shape index (κ3) is 20.1. The number of nitrogens with zero attached hydrogens (tertiary/aromatic N) is 15. The van der Waals surface area contributed by atoms with Crippen LogP contribution < -0.4 is 16.7 Å². The van der Waals surface area contributed by atoms with Gasteiger partial charge in [0.2, 0.25) is 14.2 Å². The van der Waals surface area contributed by atoms with Gasteiger partial charge in [0.1, 0.15) is 46.8 Å². The zero-order valence-corrected chi connectivity index (χ0v) is 68.8. The first kappa shape index (κ1) is 79.8. The number of aromatic amines is 3. The summed E-state index contributed by atoms with van der Waals surface area (Å²) < 4.78 is 94.6. The second-order valence-corrected chi connectivity index (χ2v) is 52.9. The molecule has 106 heavy (non-hydrogen) atoms. The first-order chi connectivity index (χ1) is 50.2. The molecule has 39 heteroatoms. The molecule has 0 spiro atoms. The number of nitrogens with one attached hydrogen (secondary N) is 3. The average molecular weight is 1610 g/mol. The molecule has 0 aliphatic rings. The van der Waals surface area contributed by atoms with E-state index in [2.05, 4.69) is 117 Å². The molecule has 562 valence electrons. The van der Waals surface area contributed by atoms with Gasteiger partial charge in [-0.3, -0.25) is 14.4 Å². The van der Waals surface area contributed by atoms with Crippen LogP contribution in [0.4, 0.5) is 0 Å². The molecule has 14 rings (SSSR count). The number of thiazole rings is 3. The summed E-state index contributed by atoms with van der Waals surface area (Å²) in [5, 5.41) is 36.9. The van der Waals surface area contributed by atoms with E-state index in [1.54, 1.807) is 94.0 Å². The van der Waals surface area contributed by atoms with E-state index in [0.29, 0.717) is 76.1 Å². The van der Waals surface area contributed by atoms with Crippen molar-refractivity contribution < 1.29 is 39.5 Å². The van der Waals surface area contributed by atoms with E-state index in [1.807, 2.05) is 75.3 Å². The van der Waals surface area contributed by atoms with Gasteiger partial charge in [-0.2, -0.15) is 39.0 Å². The van der Waals surface area contributed by atoms with Gasteiger partial charge in [-0.1, -0.05) is 107 Å². The van der Waals surface area contributed by atoms with Crippen LogP contribution in [0.15, 0.2) is 140 Å². The molecule has 0 radical (unpaired) electrons. The Kier molecular flexibility index (Phi) is 25.6. The maximum atomic E-state index is 12.3. The van der Waals surface area contributed by atoms with Crippen LogP contribution in [0, 0.1) is 0 Å². The van der Waals surface area contributed by atoms with Crippen LogP contribution in [0.25, 0.3) is 63.8 Å². The highest BCUT2D eigenvalue weighted by molar-refractivity contribution is 7.92. The second-order valence-electron chi connectivity index (χ2n) is 28.6. The van der Waals surface area contributed by atoms with Gasteiger partial charge in [0, 0.05) is 113 Å². The van der Waals surface area contributed by atoms with Crippen LogP contribution in [0.5, 0.6) is 0 Å². The fourth-order valence-electron chi connectivity index (χ4n) is 11.0. The molecular formula is C67H84N18O12S6Si3. The summed E-state index contributed by atoms with van der Waals surface area (Å²) in [6.07, 6.45) is 12.3. The lowest BCUT2D eigenvalue weighted by Crippen LogP contribution is -2.22. The molecule has 0 aliphatic carbocycles. The number of H-pyrrole nitrogens is 3. The van der Waals surface area contributed by atoms with Crippen molar-refractivity contribution in [3.05, 3.63) is 180 Å². The molecule has 12 heterocycles. The number of sulfone groups is 2. The molecule has 30 nitrogen and oxygen atoms in total. The second kappa shape index (κ2) is 34.0. The van der Waals surface area contributed by atoms with E-state index in [0.717, 1.165) is 107 Å². The van der Waals surface area contributed by atoms with Crippen molar-refractivity contribution in [2.45, 2.75) is 125 Å². The molecular weight excluding hydrogens is 1530 g/mol. The van der Waals surface area contributed by atoms with E-state index in [1.165, 1.54) is 6.20 Å². The van der Waals surface area contributed by atoms with E-state index < -0.39 is 55.5 Å². The summed E-state index contributed by atoms with van der Waals surface area (Å²) in [4.78, 5) is 50.1. The number of hydrogen-bond donors (Lipinski definition) is 3. The molecule has 0 aliphatic heterocycles. The average Bonchev–Trinajstić information content (AvgIpc) is 1.60. The third-order valence-electron chi connectivity index (χ3n) is 16.5. The highest BCUT2D eigenvalue weighted by Gasteiger charge is 2.28. The van der Waals surface area contributed by atoms with Crippen LogP contribution in [-0.2, 0) is 99.0 Å². The van der Waals surface area contributed by atoms with Crippen LogP contribution in [0.2, 0.25) is 77.1 Å². The molecule has 14 aromatic rings. The van der Waals surface area contributed by atoms with Gasteiger partial charge in [-0.25, -0.2) is 61.1 Å². The standard InChI is InChI=1S/C24H28N6O2SSi.C18H24N6O2SSi.C16H24N2O3SSi.C9H8N4O3S2.O2S/c1-29-20-17(14-25-27-23(20)31)21-22(29)26-24(33-21)19(16-8-6-5-7-9-16)18-10-11-30(28-18)15-32-12-13-34(2,3)4;1-23-15-13(10-19-21-18(15)25)16-17(23)20-14(27-16)9-12-5-6-24(22-12)11-26-7-8-28(2,3)4;1-23(2,3)12-11-21-14-18-10-9-15(17-18)13-22(19,20)16-7-5-4-6-8-16;1-13-5-4(3-10-12-8(5)14)6-7(13)11-9(17-6)18(2,15)16;1-3-2/h5-11,14,19H,12-13,15H2,1-4H3,(H,27,31);5-6,10H,7-9,11H2,1-4H3,(H,21,25);4-10H,11-14H2,1-3H3;3H,1-2H3,(H,12,14);. The summed E-state index contributed by atoms with van der Waals surface area (Å²) in [6, 6.07) is 27.9. The van der Waals surface area contributed by atoms with Crippen molar-refractivity contribution in [1.82, 2.24) is 88.6 Å². The van der Waals surface area contributed by atoms with E-state index in [9.17, 15) is 31.2 Å². The minimum atomic E-state index is -3.36. The maximum absolute atomic E-state index is 12.3. The molecule has 2 aromatic carbocycles. The molecule has 0 bridgehead atoms. The first-order valence-corrected chi connectivity index (χ1v) is 51.2. The van der Waals surface area contributed by atoms with E-state index >= 15 is 0 Å². The molecule has 3 N–H and O–H groups in total. The normalized spacial score (nSPS) is 12.5. The smallest absolute Gasteiger partial charge is 0.335 e. The molecule has 0 saturated heterocycles. The minimum Gasteiger partial charge on any atom is -0.360 e. The highest BCUT2D eigenvalue weighted by Crippen LogP contribution is 2.39. The van der Waals surface area contributed by atoms with Crippen LogP contribution in [0.1, 0.15) is 38.6 Å². The van der Waals surface area contributed by atoms with Gasteiger partial charge in [0.05, 0.1) is 66.3 Å². The number of ether oxygens (including phenoxy) is 3. The quantitative estimate of drug-likeness (QED) is 0.0374. The molecule has 0 amide bonds. The van der Waals surface area contributed by atoms with Gasteiger partial charge >= 0.3 is 11.6 Å². The number of aryl methyl sites for hydroxylation is 3. The van der Waals surface area contributed by atoms with Crippen LogP contribution in [-0.4, -0.2) is 164 Å². The van der Waals surface area contributed by atoms with Crippen molar-refractivity contribution in [2.24, 2.45) is 21.1 Å². The van der Waals surface area contributed by atoms with E-state index in [-0.39, 0.29) is 32.7 Å². The lowest BCUT2D eigenvalue weighted by atomic mass is 9.96. The molecule has 12 aromatic heterocycles. The highest BCUT2D eigenvalue weighted by atomic mass is 32.2. The van der Waals surface area contributed by atoms with Crippen molar-refractivity contribution >= 4 is 153 Å². The van der Waals surface area contributed by atoms with Crippen molar-refractivity contribution in [3.63, 3.8) is 0 Å². The first-order valence-electron chi connectivity index (χ1n) is 33.4. The number of benzene rings is 2. The summed E-state index contributed by atoms with van der Waals surface area (Å²) in [6.45, 7) is 24.5. The topological polar surface area (TPSA) is 374 Å². The zero-order valence-electron chi connectivity index (χ0n) is 60.9. The van der Waals surface area contributed by atoms with Crippen molar-refractivity contribution in [2.75, 3.05) is 26.1 Å². The zero-order chi connectivity index (χ0) is 76.5. The number of rotatable bonds is 24. The Balaban J connectivity index is 0.000000153. The third-order valence-corrected chi connectivity index (χ3v) is 28.3. The number of aromatic nitrogens is 18. The van der Waals surface area contributed by atoms with Crippen molar-refractivity contribution in [3.8, 4) is 0 Å². The Hall–Kier alpha value is -8.75. The predicted molar refractivity (Wildman–Crippen MR) is 422 cm³/mol. The molecule has 0 fully saturated rings. The Morgan fingerprint density at radius 1 is 0.509 bits per heavy atom.